The molecule has 9 heteroatoms. The van der Waals surface area contributed by atoms with Crippen LogP contribution in [0.3, 0.4) is 0 Å². The highest BCUT2D eigenvalue weighted by atomic mass is 32.2. The summed E-state index contributed by atoms with van der Waals surface area (Å²) in [5.74, 6) is -1.20. The molecule has 1 aromatic carbocycles. The standard InChI is InChI=1S/C14H18N2O6S/c1-9-7-11(16(19)20)8-13(10(9)2)23(21,22)15-6-4-3-5-12(15)14(17)18/h7-8,12H,3-6H2,1-2H3,(H,17,18). The van der Waals surface area contributed by atoms with E-state index in [1.807, 2.05) is 0 Å². The molecule has 0 radical (unpaired) electrons. The number of non-ortho nitro benzene ring substituents is 1. The Kier molecular flexibility index (Phi) is 4.71. The molecule has 8 nitrogen and oxygen atoms in total. The smallest absolute Gasteiger partial charge is 0.322 e. The molecular weight excluding hydrogens is 324 g/mol. The van der Waals surface area contributed by atoms with Crippen molar-refractivity contribution in [2.75, 3.05) is 6.54 Å². The molecule has 1 fully saturated rings. The largest absolute Gasteiger partial charge is 0.480 e. The summed E-state index contributed by atoms with van der Waals surface area (Å²) < 4.78 is 26.7. The molecule has 1 N–H and O–H groups in total. The summed E-state index contributed by atoms with van der Waals surface area (Å²) in [5, 5.41) is 20.3. The second-order valence-electron chi connectivity index (χ2n) is 5.61. The van der Waals surface area contributed by atoms with Crippen LogP contribution in [0.2, 0.25) is 0 Å². The molecule has 0 aliphatic carbocycles. The van der Waals surface area contributed by atoms with Gasteiger partial charge in [0.15, 0.2) is 0 Å². The minimum absolute atomic E-state index is 0.0977. The van der Waals surface area contributed by atoms with E-state index in [4.69, 9.17) is 0 Å². The zero-order valence-electron chi connectivity index (χ0n) is 12.9. The molecule has 1 aliphatic heterocycles. The van der Waals surface area contributed by atoms with Crippen molar-refractivity contribution in [1.82, 2.24) is 4.31 Å². The number of aliphatic carboxylic acids is 1. The Hall–Kier alpha value is -2.00. The summed E-state index contributed by atoms with van der Waals surface area (Å²) in [6.07, 6.45) is 1.44. The molecule has 1 aliphatic rings. The zero-order valence-corrected chi connectivity index (χ0v) is 13.7. The van der Waals surface area contributed by atoms with Crippen LogP contribution >= 0.6 is 0 Å². The highest BCUT2D eigenvalue weighted by molar-refractivity contribution is 7.89. The predicted octanol–water partition coefficient (Wildman–Crippen LogP) is 1.84. The number of aryl methyl sites for hydroxylation is 1. The van der Waals surface area contributed by atoms with Crippen molar-refractivity contribution in [1.29, 1.82) is 0 Å². The van der Waals surface area contributed by atoms with E-state index in [1.165, 1.54) is 6.07 Å². The van der Waals surface area contributed by atoms with Crippen molar-refractivity contribution in [3.05, 3.63) is 33.4 Å². The first kappa shape index (κ1) is 17.4. The van der Waals surface area contributed by atoms with Crippen LogP contribution < -0.4 is 0 Å². The van der Waals surface area contributed by atoms with E-state index < -0.39 is 27.0 Å². The Balaban J connectivity index is 2.59. The van der Waals surface area contributed by atoms with Gasteiger partial charge in [-0.05, 0) is 44.2 Å². The van der Waals surface area contributed by atoms with Crippen molar-refractivity contribution in [3.8, 4) is 0 Å². The van der Waals surface area contributed by atoms with Gasteiger partial charge < -0.3 is 5.11 Å². The molecule has 0 amide bonds. The summed E-state index contributed by atoms with van der Waals surface area (Å²) >= 11 is 0. The second-order valence-corrected chi connectivity index (χ2v) is 7.47. The zero-order chi connectivity index (χ0) is 17.4. The van der Waals surface area contributed by atoms with Crippen LogP contribution in [0.1, 0.15) is 30.4 Å². The fourth-order valence-electron chi connectivity index (χ4n) is 2.75. The van der Waals surface area contributed by atoms with Gasteiger partial charge in [0.2, 0.25) is 10.0 Å². The Labute approximate surface area is 133 Å². The molecule has 2 rings (SSSR count). The third-order valence-corrected chi connectivity index (χ3v) is 6.18. The number of carboxylic acids is 1. The number of rotatable bonds is 4. The molecule has 126 valence electrons. The molecule has 0 aromatic heterocycles. The molecule has 1 unspecified atom stereocenters. The Morgan fingerprint density at radius 2 is 2.00 bits per heavy atom. The lowest BCUT2D eigenvalue weighted by Gasteiger charge is -2.32. The fourth-order valence-corrected chi connectivity index (χ4v) is 4.72. The first-order valence-electron chi connectivity index (χ1n) is 7.16. The highest BCUT2D eigenvalue weighted by Crippen LogP contribution is 2.31. The lowest BCUT2D eigenvalue weighted by atomic mass is 10.1. The maximum Gasteiger partial charge on any atom is 0.322 e. The number of piperidine rings is 1. The molecule has 0 spiro atoms. The second kappa shape index (κ2) is 6.25. The first-order chi connectivity index (χ1) is 10.7. The Morgan fingerprint density at radius 3 is 2.57 bits per heavy atom. The van der Waals surface area contributed by atoms with Gasteiger partial charge in [-0.2, -0.15) is 4.31 Å². The Bertz CT molecular complexity index is 759. The van der Waals surface area contributed by atoms with Gasteiger partial charge in [0.25, 0.3) is 5.69 Å². The third kappa shape index (κ3) is 3.20. The SMILES string of the molecule is Cc1cc([N+](=O)[O-])cc(S(=O)(=O)N2CCCCC2C(=O)O)c1C. The number of hydrogen-bond acceptors (Lipinski definition) is 5. The monoisotopic (exact) mass is 342 g/mol. The van der Waals surface area contributed by atoms with Gasteiger partial charge in [0.1, 0.15) is 6.04 Å². The lowest BCUT2D eigenvalue weighted by Crippen LogP contribution is -2.48. The van der Waals surface area contributed by atoms with E-state index in [0.717, 1.165) is 10.4 Å². The minimum Gasteiger partial charge on any atom is -0.480 e. The molecular formula is C14H18N2O6S. The van der Waals surface area contributed by atoms with Crippen molar-refractivity contribution in [2.45, 2.75) is 44.0 Å². The number of nitro groups is 1. The average molecular weight is 342 g/mol. The maximum absolute atomic E-state index is 12.9. The van der Waals surface area contributed by atoms with Crippen LogP contribution in [-0.4, -0.2) is 41.3 Å². The van der Waals surface area contributed by atoms with E-state index in [0.29, 0.717) is 24.0 Å². The number of carboxylic acid groups (broad SMARTS) is 1. The van der Waals surface area contributed by atoms with E-state index in [-0.39, 0.29) is 23.5 Å². The van der Waals surface area contributed by atoms with Crippen molar-refractivity contribution in [2.24, 2.45) is 0 Å². The number of nitro benzene ring substituents is 1. The highest BCUT2D eigenvalue weighted by Gasteiger charge is 2.39. The number of hydrogen-bond donors (Lipinski definition) is 1. The predicted molar refractivity (Wildman–Crippen MR) is 81.7 cm³/mol. The minimum atomic E-state index is -4.12. The van der Waals surface area contributed by atoms with Gasteiger partial charge in [0.05, 0.1) is 9.82 Å². The molecule has 23 heavy (non-hydrogen) atoms. The van der Waals surface area contributed by atoms with Crippen molar-refractivity contribution in [3.63, 3.8) is 0 Å². The molecule has 0 saturated carbocycles. The average Bonchev–Trinajstić information content (AvgIpc) is 2.49. The van der Waals surface area contributed by atoms with Crippen LogP contribution in [0.25, 0.3) is 0 Å². The normalized spacial score (nSPS) is 19.5. The first-order valence-corrected chi connectivity index (χ1v) is 8.60. The summed E-state index contributed by atoms with van der Waals surface area (Å²) in [6.45, 7) is 3.25. The number of benzene rings is 1. The van der Waals surface area contributed by atoms with Crippen LogP contribution in [0.15, 0.2) is 17.0 Å². The van der Waals surface area contributed by atoms with E-state index in [9.17, 15) is 28.4 Å². The summed E-state index contributed by atoms with van der Waals surface area (Å²) in [5.41, 5.74) is 0.544. The van der Waals surface area contributed by atoms with Crippen molar-refractivity contribution >= 4 is 21.7 Å². The van der Waals surface area contributed by atoms with Gasteiger partial charge in [0, 0.05) is 18.7 Å². The summed E-state index contributed by atoms with van der Waals surface area (Å²) in [6, 6.07) is 1.18. The van der Waals surface area contributed by atoms with Crippen molar-refractivity contribution < 1.29 is 23.2 Å². The van der Waals surface area contributed by atoms with Crippen LogP contribution in [0.5, 0.6) is 0 Å². The van der Waals surface area contributed by atoms with E-state index in [1.54, 1.807) is 13.8 Å². The van der Waals surface area contributed by atoms with Crippen LogP contribution in [0, 0.1) is 24.0 Å². The molecule has 1 atom stereocenters. The van der Waals surface area contributed by atoms with E-state index in [2.05, 4.69) is 0 Å². The van der Waals surface area contributed by atoms with Gasteiger partial charge >= 0.3 is 5.97 Å². The third-order valence-electron chi connectivity index (χ3n) is 4.14. The lowest BCUT2D eigenvalue weighted by molar-refractivity contribution is -0.385. The molecule has 1 saturated heterocycles. The topological polar surface area (TPSA) is 118 Å². The number of nitrogens with zero attached hydrogens (tertiary/aromatic N) is 2. The van der Waals surface area contributed by atoms with Crippen LogP contribution in [0.4, 0.5) is 5.69 Å². The molecule has 1 aromatic rings. The quantitative estimate of drug-likeness (QED) is 0.659. The van der Waals surface area contributed by atoms with Gasteiger partial charge in [-0.3, -0.25) is 14.9 Å². The molecule has 1 heterocycles. The number of carbonyl (C=O) groups is 1. The van der Waals surface area contributed by atoms with Gasteiger partial charge in [-0.1, -0.05) is 0 Å². The Morgan fingerprint density at radius 1 is 1.35 bits per heavy atom. The maximum atomic E-state index is 12.9. The summed E-state index contributed by atoms with van der Waals surface area (Å²) in [7, 11) is -4.12. The van der Waals surface area contributed by atoms with Gasteiger partial charge in [-0.25, -0.2) is 8.42 Å². The van der Waals surface area contributed by atoms with Crippen LogP contribution in [-0.2, 0) is 14.8 Å². The number of sulfonamides is 1. The fraction of sp³-hybridized carbons (Fsp3) is 0.500. The molecule has 0 bridgehead atoms. The summed E-state index contributed by atoms with van der Waals surface area (Å²) in [4.78, 5) is 21.5. The van der Waals surface area contributed by atoms with Gasteiger partial charge in [-0.15, -0.1) is 0 Å². The van der Waals surface area contributed by atoms with E-state index >= 15 is 0 Å².